The van der Waals surface area contributed by atoms with Crippen molar-refractivity contribution in [2.24, 2.45) is 0 Å². The Labute approximate surface area is 102 Å². The van der Waals surface area contributed by atoms with Gasteiger partial charge in [0.1, 0.15) is 12.4 Å². The Kier molecular flexibility index (Phi) is 4.71. The molecule has 0 spiro atoms. The van der Waals surface area contributed by atoms with Crippen LogP contribution < -0.4 is 4.18 Å². The van der Waals surface area contributed by atoms with Crippen LogP contribution in [0.4, 0.5) is 9.18 Å². The van der Waals surface area contributed by atoms with E-state index in [4.69, 9.17) is 11.6 Å². The zero-order valence-corrected chi connectivity index (χ0v) is 10.0. The summed E-state index contributed by atoms with van der Waals surface area (Å²) < 4.78 is 43.7. The van der Waals surface area contributed by atoms with Gasteiger partial charge in [-0.15, -0.1) is 0 Å². The van der Waals surface area contributed by atoms with Crippen molar-refractivity contribution in [2.45, 2.75) is 6.67 Å². The number of carbonyl (C=O) groups is 1. The minimum Gasteiger partial charge on any atom is -0.433 e. The maximum Gasteiger partial charge on any atom is 0.404 e. The summed E-state index contributed by atoms with van der Waals surface area (Å²) in [6.45, 7) is -0.874. The maximum absolute atomic E-state index is 12.5. The number of benzene rings is 1. The highest BCUT2D eigenvalue weighted by molar-refractivity contribution is 7.86. The number of alkyl halides is 1. The van der Waals surface area contributed by atoms with E-state index in [9.17, 15) is 17.6 Å². The van der Waals surface area contributed by atoms with E-state index in [-0.39, 0.29) is 11.3 Å². The van der Waals surface area contributed by atoms with Gasteiger partial charge in [0.25, 0.3) is 0 Å². The first-order chi connectivity index (χ1) is 7.94. The molecule has 5 nitrogen and oxygen atoms in total. The highest BCUT2D eigenvalue weighted by Gasteiger charge is 2.17. The molecule has 0 amide bonds. The minimum absolute atomic E-state index is 0.0771. The Hall–Kier alpha value is -1.34. The molecule has 0 atom stereocenters. The zero-order chi connectivity index (χ0) is 12.9. The lowest BCUT2D eigenvalue weighted by Crippen LogP contribution is -2.17. The van der Waals surface area contributed by atoms with Crippen molar-refractivity contribution in [3.05, 3.63) is 29.8 Å². The van der Waals surface area contributed by atoms with Crippen LogP contribution in [0, 0.1) is 0 Å². The van der Waals surface area contributed by atoms with Gasteiger partial charge in [0.2, 0.25) is 5.94 Å². The van der Waals surface area contributed by atoms with Crippen molar-refractivity contribution < 1.29 is 26.5 Å². The van der Waals surface area contributed by atoms with Crippen LogP contribution >= 0.6 is 11.6 Å². The molecule has 0 bridgehead atoms. The molecule has 0 heterocycles. The summed E-state index contributed by atoms with van der Waals surface area (Å²) in [5.41, 5.74) is -1.19. The standard InChI is InChI=1S/C9H8ClFO5S/c10-9(12)15-6-17(13,14)16-8-4-2-1-3-7(8)5-11/h1-4H,5-6H2. The third kappa shape index (κ3) is 4.58. The molecular weight excluding hydrogens is 275 g/mol. The van der Waals surface area contributed by atoms with E-state index >= 15 is 0 Å². The van der Waals surface area contributed by atoms with Crippen LogP contribution in [0.1, 0.15) is 5.56 Å². The van der Waals surface area contributed by atoms with Gasteiger partial charge in [0.05, 0.1) is 0 Å². The molecule has 1 aromatic carbocycles. The molecular formula is C9H8ClFO5S. The summed E-state index contributed by atoms with van der Waals surface area (Å²) in [5.74, 6) is -1.18. The first-order valence-electron chi connectivity index (χ1n) is 4.33. The van der Waals surface area contributed by atoms with E-state index in [0.29, 0.717) is 0 Å². The maximum atomic E-state index is 12.5. The predicted octanol–water partition coefficient (Wildman–Crippen LogP) is 2.20. The fourth-order valence-corrected chi connectivity index (χ4v) is 1.83. The van der Waals surface area contributed by atoms with E-state index in [2.05, 4.69) is 8.92 Å². The van der Waals surface area contributed by atoms with Gasteiger partial charge in [-0.2, -0.15) is 8.42 Å². The summed E-state index contributed by atoms with van der Waals surface area (Å²) >= 11 is 4.80. The van der Waals surface area contributed by atoms with Crippen LogP contribution in [0.3, 0.4) is 0 Å². The number of hydrogen-bond acceptors (Lipinski definition) is 5. The molecule has 0 radical (unpaired) electrons. The second-order valence-electron chi connectivity index (χ2n) is 2.88. The predicted molar refractivity (Wildman–Crippen MR) is 58.0 cm³/mol. The van der Waals surface area contributed by atoms with E-state index in [0.717, 1.165) is 0 Å². The van der Waals surface area contributed by atoms with Gasteiger partial charge in [-0.05, 0) is 6.07 Å². The van der Waals surface area contributed by atoms with E-state index in [1.807, 2.05) is 0 Å². The quantitative estimate of drug-likeness (QED) is 0.612. The molecule has 0 unspecified atom stereocenters. The van der Waals surface area contributed by atoms with Crippen molar-refractivity contribution in [3.8, 4) is 5.75 Å². The molecule has 0 aliphatic rings. The molecule has 17 heavy (non-hydrogen) atoms. The van der Waals surface area contributed by atoms with Crippen molar-refractivity contribution in [3.63, 3.8) is 0 Å². The minimum atomic E-state index is -4.16. The largest absolute Gasteiger partial charge is 0.433 e. The molecule has 0 saturated heterocycles. The molecule has 8 heteroatoms. The van der Waals surface area contributed by atoms with Gasteiger partial charge in [-0.25, -0.2) is 9.18 Å². The van der Waals surface area contributed by atoms with Gasteiger partial charge >= 0.3 is 15.5 Å². The van der Waals surface area contributed by atoms with Crippen LogP contribution in [-0.2, 0) is 21.5 Å². The van der Waals surface area contributed by atoms with Crippen LogP contribution in [0.15, 0.2) is 24.3 Å². The second kappa shape index (κ2) is 5.83. The highest BCUT2D eigenvalue weighted by atomic mass is 35.5. The Morgan fingerprint density at radius 2 is 2.00 bits per heavy atom. The number of ether oxygens (including phenoxy) is 1. The summed E-state index contributed by atoms with van der Waals surface area (Å²) in [6.07, 6.45) is 0. The molecule has 1 rings (SSSR count). The average molecular weight is 283 g/mol. The van der Waals surface area contributed by atoms with E-state index in [1.165, 1.54) is 24.3 Å². The molecule has 0 aromatic heterocycles. The Bertz CT molecular complexity index is 502. The third-order valence-corrected chi connectivity index (χ3v) is 2.60. The lowest BCUT2D eigenvalue weighted by molar-refractivity contribution is 0.189. The van der Waals surface area contributed by atoms with Gasteiger partial charge in [0, 0.05) is 17.2 Å². The molecule has 0 aliphatic heterocycles. The molecule has 0 aliphatic carbocycles. The van der Waals surface area contributed by atoms with Crippen molar-refractivity contribution in [1.29, 1.82) is 0 Å². The van der Waals surface area contributed by atoms with Gasteiger partial charge < -0.3 is 8.92 Å². The monoisotopic (exact) mass is 282 g/mol. The van der Waals surface area contributed by atoms with Crippen LogP contribution in [-0.4, -0.2) is 19.8 Å². The fourth-order valence-electron chi connectivity index (χ4n) is 0.975. The first kappa shape index (κ1) is 13.7. The smallest absolute Gasteiger partial charge is 0.404 e. The van der Waals surface area contributed by atoms with E-state index in [1.54, 1.807) is 0 Å². The summed E-state index contributed by atoms with van der Waals surface area (Å²) in [7, 11) is -4.16. The Morgan fingerprint density at radius 1 is 1.35 bits per heavy atom. The summed E-state index contributed by atoms with van der Waals surface area (Å²) in [6, 6.07) is 5.68. The van der Waals surface area contributed by atoms with Gasteiger partial charge in [0.15, 0.2) is 0 Å². The zero-order valence-electron chi connectivity index (χ0n) is 8.43. The summed E-state index contributed by atoms with van der Waals surface area (Å²) in [5, 5.41) is 0. The normalized spacial score (nSPS) is 10.9. The molecule has 0 fully saturated rings. The van der Waals surface area contributed by atoms with Crippen molar-refractivity contribution >= 4 is 27.1 Å². The third-order valence-electron chi connectivity index (χ3n) is 1.65. The Balaban J connectivity index is 2.79. The number of halogens is 2. The average Bonchev–Trinajstić information content (AvgIpc) is 2.27. The molecule has 0 saturated carbocycles. The lowest BCUT2D eigenvalue weighted by atomic mass is 10.2. The summed E-state index contributed by atoms with van der Waals surface area (Å²) in [4.78, 5) is 10.2. The Morgan fingerprint density at radius 3 is 2.59 bits per heavy atom. The second-order valence-corrected chi connectivity index (χ2v) is 4.71. The first-order valence-corrected chi connectivity index (χ1v) is 6.28. The highest BCUT2D eigenvalue weighted by Crippen LogP contribution is 2.20. The van der Waals surface area contributed by atoms with Crippen LogP contribution in [0.25, 0.3) is 0 Å². The van der Waals surface area contributed by atoms with Crippen molar-refractivity contribution in [1.82, 2.24) is 0 Å². The molecule has 1 aromatic rings. The number of hydrogen-bond donors (Lipinski definition) is 0. The topological polar surface area (TPSA) is 69.7 Å². The van der Waals surface area contributed by atoms with Crippen LogP contribution in [0.5, 0.6) is 5.75 Å². The van der Waals surface area contributed by atoms with Crippen molar-refractivity contribution in [2.75, 3.05) is 5.94 Å². The lowest BCUT2D eigenvalue weighted by Gasteiger charge is -2.08. The number of para-hydroxylation sites is 1. The molecule has 0 N–H and O–H groups in total. The van der Waals surface area contributed by atoms with Crippen LogP contribution in [0.2, 0.25) is 0 Å². The van der Waals surface area contributed by atoms with Gasteiger partial charge in [-0.1, -0.05) is 18.2 Å². The SMILES string of the molecule is O=C(Cl)OCS(=O)(=O)Oc1ccccc1CF. The number of rotatable bonds is 5. The molecule has 94 valence electrons. The number of carbonyl (C=O) groups excluding carboxylic acids is 1. The van der Waals surface area contributed by atoms with E-state index < -0.39 is 28.2 Å². The fraction of sp³-hybridized carbons (Fsp3) is 0.222. The van der Waals surface area contributed by atoms with Gasteiger partial charge in [-0.3, -0.25) is 0 Å².